The van der Waals surface area contributed by atoms with E-state index < -0.39 is 13.4 Å². The first kappa shape index (κ1) is 28.3. The van der Waals surface area contributed by atoms with Crippen LogP contribution in [0.5, 0.6) is 0 Å². The van der Waals surface area contributed by atoms with Crippen LogP contribution in [0, 0.1) is 17.8 Å². The Bertz CT molecular complexity index is 503. The highest BCUT2D eigenvalue weighted by Crippen LogP contribution is 2.60. The predicted octanol–water partition coefficient (Wildman–Crippen LogP) is 6.44. The van der Waals surface area contributed by atoms with E-state index in [0.29, 0.717) is 17.8 Å². The zero-order valence-corrected chi connectivity index (χ0v) is 22.4. The molecular formula is C26H52NO4P. The average Bonchev–Trinajstić information content (AvgIpc) is 2.70. The van der Waals surface area contributed by atoms with E-state index in [0.717, 1.165) is 19.3 Å². The first-order valence-corrected chi connectivity index (χ1v) is 15.3. The van der Waals surface area contributed by atoms with Gasteiger partial charge in [0.2, 0.25) is 0 Å². The molecule has 0 saturated heterocycles. The molecule has 4 fully saturated rings. The molecule has 1 atom stereocenters. The van der Waals surface area contributed by atoms with Crippen LogP contribution in [-0.2, 0) is 9.09 Å². The van der Waals surface area contributed by atoms with Gasteiger partial charge in [0.25, 0.3) is 7.82 Å². The summed E-state index contributed by atoms with van der Waals surface area (Å²) in [5.41, 5.74) is -0.541. The van der Waals surface area contributed by atoms with Crippen LogP contribution in [0.2, 0.25) is 0 Å². The quantitative estimate of drug-likeness (QED) is 0.233. The molecule has 190 valence electrons. The second-order valence-corrected chi connectivity index (χ2v) is 12.4. The first-order chi connectivity index (χ1) is 15.2. The number of hydrogen-bond acceptors (Lipinski definition) is 3. The summed E-state index contributed by atoms with van der Waals surface area (Å²) in [7, 11) is -4.56. The molecule has 0 aromatic carbocycles. The van der Waals surface area contributed by atoms with Gasteiger partial charge in [0.1, 0.15) is 0 Å². The van der Waals surface area contributed by atoms with Crippen molar-refractivity contribution in [2.24, 2.45) is 17.8 Å². The summed E-state index contributed by atoms with van der Waals surface area (Å²) >= 11 is 0. The molecule has 0 radical (unpaired) electrons. The monoisotopic (exact) mass is 473 g/mol. The topological polar surface area (TPSA) is 69.6 Å². The Morgan fingerprint density at radius 1 is 0.781 bits per heavy atom. The van der Waals surface area contributed by atoms with Gasteiger partial charge in [-0.2, -0.15) is 0 Å². The number of rotatable bonds is 14. The molecule has 4 bridgehead atoms. The number of unbranched alkanes of at least 4 members (excludes halogenated alkanes) is 4. The molecule has 0 aromatic rings. The van der Waals surface area contributed by atoms with Crippen molar-refractivity contribution in [1.82, 2.24) is 0 Å². The third-order valence-electron chi connectivity index (χ3n) is 8.24. The molecule has 5 nitrogen and oxygen atoms in total. The van der Waals surface area contributed by atoms with Crippen LogP contribution in [0.15, 0.2) is 0 Å². The van der Waals surface area contributed by atoms with Gasteiger partial charge >= 0.3 is 0 Å². The average molecular weight is 474 g/mol. The second-order valence-electron chi connectivity index (χ2n) is 11.3. The molecule has 0 aromatic heterocycles. The fourth-order valence-corrected chi connectivity index (χ4v) is 7.75. The third-order valence-corrected chi connectivity index (χ3v) is 8.85. The van der Waals surface area contributed by atoms with E-state index in [-0.39, 0.29) is 0 Å². The summed E-state index contributed by atoms with van der Waals surface area (Å²) in [6, 6.07) is 0. The van der Waals surface area contributed by atoms with Crippen molar-refractivity contribution in [2.75, 3.05) is 26.2 Å². The molecule has 0 spiro atoms. The van der Waals surface area contributed by atoms with Gasteiger partial charge in [-0.15, -0.1) is 0 Å². The van der Waals surface area contributed by atoms with Gasteiger partial charge in [0, 0.05) is 0 Å². The summed E-state index contributed by atoms with van der Waals surface area (Å²) in [5, 5.41) is 0. The van der Waals surface area contributed by atoms with Crippen LogP contribution in [-0.4, -0.2) is 41.2 Å². The SMILES string of the molecule is CCCC[N+](CCCC)(CCCC)CCCC.O=P([O-])(O)OC12CC3CC(CC(C3)C1)C2. The fourth-order valence-electron chi connectivity index (χ4n) is 7.03. The maximum atomic E-state index is 10.9. The number of phosphoric acid groups is 1. The summed E-state index contributed by atoms with van der Waals surface area (Å²) in [5.74, 6) is 1.88. The van der Waals surface area contributed by atoms with Gasteiger partial charge in [-0.3, -0.25) is 4.57 Å². The molecule has 1 unspecified atom stereocenters. The van der Waals surface area contributed by atoms with Crippen LogP contribution in [0.3, 0.4) is 0 Å². The highest BCUT2D eigenvalue weighted by molar-refractivity contribution is 7.44. The molecule has 0 amide bonds. The van der Waals surface area contributed by atoms with Gasteiger partial charge in [-0.1, -0.05) is 53.4 Å². The highest BCUT2D eigenvalue weighted by atomic mass is 31.2. The van der Waals surface area contributed by atoms with Crippen molar-refractivity contribution in [3.63, 3.8) is 0 Å². The minimum absolute atomic E-state index is 0.541. The van der Waals surface area contributed by atoms with E-state index in [2.05, 4.69) is 27.7 Å². The summed E-state index contributed by atoms with van der Waals surface area (Å²) in [6.45, 7) is 15.0. The van der Waals surface area contributed by atoms with Gasteiger partial charge in [0.05, 0.1) is 31.8 Å². The predicted molar refractivity (Wildman–Crippen MR) is 131 cm³/mol. The first-order valence-electron chi connectivity index (χ1n) is 13.8. The molecule has 6 heteroatoms. The maximum absolute atomic E-state index is 10.9. The minimum Gasteiger partial charge on any atom is -0.756 e. The zero-order chi connectivity index (χ0) is 23.7. The summed E-state index contributed by atoms with van der Waals surface area (Å²) in [4.78, 5) is 19.7. The van der Waals surface area contributed by atoms with Crippen LogP contribution in [0.25, 0.3) is 0 Å². The molecule has 4 aliphatic rings. The van der Waals surface area contributed by atoms with Gasteiger partial charge < -0.3 is 18.8 Å². The standard InChI is InChI=1S/C16H36N.C10H17O4P/c1-5-9-13-17(14-10-6-2,15-11-7-3)16-12-8-4;11-15(12,13)14-10-4-7-1-8(5-10)3-9(2-7)6-10/h5-16H2,1-4H3;7-9H,1-6H2,(H2,11,12,13)/q+1;/p-1. The highest BCUT2D eigenvalue weighted by Gasteiger charge is 2.52. The van der Waals surface area contributed by atoms with E-state index in [1.807, 2.05) is 0 Å². The van der Waals surface area contributed by atoms with E-state index in [1.54, 1.807) is 0 Å². The number of phosphoric ester groups is 1. The van der Waals surface area contributed by atoms with Gasteiger partial charge in [-0.25, -0.2) is 0 Å². The Kier molecular flexibility index (Phi) is 11.7. The normalized spacial score (nSPS) is 30.6. The smallest absolute Gasteiger partial charge is 0.265 e. The van der Waals surface area contributed by atoms with Crippen LogP contribution in [0.1, 0.15) is 118 Å². The van der Waals surface area contributed by atoms with E-state index in [4.69, 9.17) is 9.42 Å². The second kappa shape index (κ2) is 13.2. The Labute approximate surface area is 198 Å². The Morgan fingerprint density at radius 2 is 1.09 bits per heavy atom. The lowest BCUT2D eigenvalue weighted by Crippen LogP contribution is -2.51. The Balaban J connectivity index is 0.000000227. The largest absolute Gasteiger partial charge is 0.756 e. The summed E-state index contributed by atoms with van der Waals surface area (Å²) in [6.07, 6.45) is 17.2. The van der Waals surface area contributed by atoms with Crippen molar-refractivity contribution in [2.45, 2.75) is 123 Å². The number of hydrogen-bond donors (Lipinski definition) is 1. The van der Waals surface area contributed by atoms with E-state index in [1.165, 1.54) is 101 Å². The van der Waals surface area contributed by atoms with Gasteiger partial charge in [0.15, 0.2) is 0 Å². The molecule has 0 aliphatic heterocycles. The molecule has 4 saturated carbocycles. The van der Waals surface area contributed by atoms with Crippen LogP contribution < -0.4 is 4.89 Å². The van der Waals surface area contributed by atoms with E-state index in [9.17, 15) is 9.46 Å². The number of nitrogens with zero attached hydrogens (tertiary/aromatic N) is 1. The third kappa shape index (κ3) is 9.02. The van der Waals surface area contributed by atoms with Crippen molar-refractivity contribution in [3.05, 3.63) is 0 Å². The van der Waals surface area contributed by atoms with E-state index >= 15 is 0 Å². The van der Waals surface area contributed by atoms with Crippen molar-refractivity contribution in [1.29, 1.82) is 0 Å². The molecule has 4 aliphatic carbocycles. The van der Waals surface area contributed by atoms with Gasteiger partial charge in [-0.05, 0) is 82.0 Å². The Hall–Kier alpha value is 0.0700. The van der Waals surface area contributed by atoms with Crippen LogP contribution in [0.4, 0.5) is 0 Å². The minimum atomic E-state index is -4.56. The van der Waals surface area contributed by atoms with Crippen molar-refractivity contribution < 1.29 is 23.4 Å². The lowest BCUT2D eigenvalue weighted by molar-refractivity contribution is -0.929. The molecular weight excluding hydrogens is 421 g/mol. The van der Waals surface area contributed by atoms with Crippen molar-refractivity contribution in [3.8, 4) is 0 Å². The lowest BCUT2D eigenvalue weighted by atomic mass is 9.54. The lowest BCUT2D eigenvalue weighted by Gasteiger charge is -2.56. The molecule has 1 N–H and O–H groups in total. The molecule has 0 heterocycles. The van der Waals surface area contributed by atoms with Crippen LogP contribution >= 0.6 is 7.82 Å². The summed E-state index contributed by atoms with van der Waals surface area (Å²) < 4.78 is 17.3. The van der Waals surface area contributed by atoms with Crippen molar-refractivity contribution >= 4 is 7.82 Å². The Morgan fingerprint density at radius 3 is 1.34 bits per heavy atom. The molecule has 32 heavy (non-hydrogen) atoms. The number of quaternary nitrogens is 1. The molecule has 4 rings (SSSR count). The zero-order valence-electron chi connectivity index (χ0n) is 21.5. The fraction of sp³-hybridized carbons (Fsp3) is 1.00. The maximum Gasteiger partial charge on any atom is 0.265 e.